The summed E-state index contributed by atoms with van der Waals surface area (Å²) in [4.78, 5) is 18.7. The molecule has 1 aromatic heterocycles. The van der Waals surface area contributed by atoms with Crippen molar-refractivity contribution >= 4 is 17.5 Å². The van der Waals surface area contributed by atoms with Crippen LogP contribution in [0.2, 0.25) is 5.02 Å². The fourth-order valence-corrected chi connectivity index (χ4v) is 3.85. The summed E-state index contributed by atoms with van der Waals surface area (Å²) in [6.07, 6.45) is 3.82. The molecule has 1 heterocycles. The molecule has 0 aliphatic heterocycles. The Morgan fingerprint density at radius 3 is 2.77 bits per heavy atom. The molecule has 2 aromatic carbocycles. The lowest BCUT2D eigenvalue weighted by atomic mass is 9.91. The van der Waals surface area contributed by atoms with Crippen LogP contribution in [0.25, 0.3) is 11.4 Å². The lowest BCUT2D eigenvalue weighted by molar-refractivity contribution is -0.137. The molecule has 1 atom stereocenters. The number of likely N-dealkylation sites (N-methyl/N-ethyl adjacent to an activating group) is 1. The first-order chi connectivity index (χ1) is 14.5. The number of carbonyl (C=O) groups excluding carboxylic acids is 1. The Labute approximate surface area is 180 Å². The van der Waals surface area contributed by atoms with Gasteiger partial charge < -0.3 is 14.2 Å². The Kier molecular flexibility index (Phi) is 6.04. The largest absolute Gasteiger partial charge is 0.481 e. The molecule has 0 spiro atoms. The van der Waals surface area contributed by atoms with Crippen LogP contribution < -0.4 is 4.74 Å². The van der Waals surface area contributed by atoms with Crippen LogP contribution in [0.15, 0.2) is 47.0 Å². The minimum Gasteiger partial charge on any atom is -0.481 e. The van der Waals surface area contributed by atoms with Crippen molar-refractivity contribution in [2.24, 2.45) is 0 Å². The molecule has 1 aliphatic carbocycles. The summed E-state index contributed by atoms with van der Waals surface area (Å²) in [6, 6.07) is 13.3. The number of amides is 1. The SMILES string of the molecule is CC(Oc1cccc2c1CCCC2)C(=O)N(C)Cc1nc(-c2ccc(Cl)cc2)no1. The van der Waals surface area contributed by atoms with Gasteiger partial charge in [-0.25, -0.2) is 0 Å². The second kappa shape index (κ2) is 8.88. The van der Waals surface area contributed by atoms with Gasteiger partial charge in [0, 0.05) is 17.6 Å². The van der Waals surface area contributed by atoms with Gasteiger partial charge in [0.25, 0.3) is 5.91 Å². The molecular formula is C23H24ClN3O3. The Hall–Kier alpha value is -2.86. The second-order valence-electron chi connectivity index (χ2n) is 7.57. The van der Waals surface area contributed by atoms with E-state index < -0.39 is 6.10 Å². The van der Waals surface area contributed by atoms with E-state index in [0.717, 1.165) is 30.6 Å². The zero-order valence-corrected chi connectivity index (χ0v) is 17.9. The molecule has 3 aromatic rings. The van der Waals surface area contributed by atoms with E-state index in [-0.39, 0.29) is 12.5 Å². The molecule has 1 amide bonds. The standard InChI is InChI=1S/C23H24ClN3O3/c1-15(29-20-9-5-7-16-6-3-4-8-19(16)20)23(28)27(2)14-21-25-22(26-30-21)17-10-12-18(24)13-11-17/h5,7,9-13,15H,3-4,6,8,14H2,1-2H3. The van der Waals surface area contributed by atoms with Crippen LogP contribution >= 0.6 is 11.6 Å². The first-order valence-electron chi connectivity index (χ1n) is 10.1. The van der Waals surface area contributed by atoms with E-state index in [4.69, 9.17) is 20.9 Å². The maximum atomic E-state index is 12.8. The molecule has 4 rings (SSSR count). The molecule has 0 fully saturated rings. The molecule has 30 heavy (non-hydrogen) atoms. The number of carbonyl (C=O) groups is 1. The number of ether oxygens (including phenoxy) is 1. The monoisotopic (exact) mass is 425 g/mol. The maximum absolute atomic E-state index is 12.8. The molecular weight excluding hydrogens is 402 g/mol. The minimum absolute atomic E-state index is 0.144. The van der Waals surface area contributed by atoms with Crippen LogP contribution in [0.5, 0.6) is 5.75 Å². The van der Waals surface area contributed by atoms with Crippen molar-refractivity contribution in [3.05, 3.63) is 64.5 Å². The van der Waals surface area contributed by atoms with Gasteiger partial charge in [0.05, 0.1) is 6.54 Å². The number of aryl methyl sites for hydroxylation is 1. The van der Waals surface area contributed by atoms with E-state index in [2.05, 4.69) is 16.2 Å². The highest BCUT2D eigenvalue weighted by Crippen LogP contribution is 2.30. The summed E-state index contributed by atoms with van der Waals surface area (Å²) in [5.41, 5.74) is 3.36. The van der Waals surface area contributed by atoms with Crippen molar-refractivity contribution in [3.8, 4) is 17.1 Å². The predicted octanol–water partition coefficient (Wildman–Crippen LogP) is 4.69. The van der Waals surface area contributed by atoms with Gasteiger partial charge in [-0.3, -0.25) is 4.79 Å². The number of rotatable bonds is 6. The highest BCUT2D eigenvalue weighted by Gasteiger charge is 2.23. The number of hydrogen-bond donors (Lipinski definition) is 0. The minimum atomic E-state index is -0.609. The Balaban J connectivity index is 1.40. The fourth-order valence-electron chi connectivity index (χ4n) is 3.72. The molecule has 0 bridgehead atoms. The number of nitrogens with zero attached hydrogens (tertiary/aromatic N) is 3. The smallest absolute Gasteiger partial charge is 0.263 e. The Bertz CT molecular complexity index is 1030. The van der Waals surface area contributed by atoms with Crippen molar-refractivity contribution in [3.63, 3.8) is 0 Å². The van der Waals surface area contributed by atoms with Crippen molar-refractivity contribution < 1.29 is 14.1 Å². The molecule has 1 unspecified atom stereocenters. The third-order valence-electron chi connectivity index (χ3n) is 5.32. The third kappa shape index (κ3) is 4.49. The van der Waals surface area contributed by atoms with E-state index in [9.17, 15) is 4.79 Å². The molecule has 0 N–H and O–H groups in total. The molecule has 0 saturated heterocycles. The van der Waals surface area contributed by atoms with E-state index in [1.54, 1.807) is 31.0 Å². The van der Waals surface area contributed by atoms with Gasteiger partial charge in [-0.2, -0.15) is 4.98 Å². The fraction of sp³-hybridized carbons (Fsp3) is 0.348. The zero-order valence-electron chi connectivity index (χ0n) is 17.1. The molecule has 1 aliphatic rings. The van der Waals surface area contributed by atoms with Crippen LogP contribution in [-0.2, 0) is 24.2 Å². The van der Waals surface area contributed by atoms with Gasteiger partial charge in [0.15, 0.2) is 6.10 Å². The molecule has 6 nitrogen and oxygen atoms in total. The summed E-state index contributed by atoms with van der Waals surface area (Å²) >= 11 is 5.91. The first kappa shape index (κ1) is 20.4. The first-order valence-corrected chi connectivity index (χ1v) is 10.5. The lowest BCUT2D eigenvalue weighted by Crippen LogP contribution is -2.37. The molecule has 0 saturated carbocycles. The van der Waals surface area contributed by atoms with Crippen molar-refractivity contribution in [1.29, 1.82) is 0 Å². The summed E-state index contributed by atoms with van der Waals surface area (Å²) in [7, 11) is 1.70. The van der Waals surface area contributed by atoms with Crippen LogP contribution in [0.3, 0.4) is 0 Å². The summed E-state index contributed by atoms with van der Waals surface area (Å²) in [6.45, 7) is 1.98. The van der Waals surface area contributed by atoms with Crippen LogP contribution in [0.4, 0.5) is 0 Å². The molecule has 7 heteroatoms. The number of fused-ring (bicyclic) bond motifs is 1. The van der Waals surface area contributed by atoms with Gasteiger partial charge in [-0.15, -0.1) is 0 Å². The van der Waals surface area contributed by atoms with E-state index in [1.165, 1.54) is 17.5 Å². The quantitative estimate of drug-likeness (QED) is 0.572. The number of benzene rings is 2. The molecule has 156 valence electrons. The average molecular weight is 426 g/mol. The lowest BCUT2D eigenvalue weighted by Gasteiger charge is -2.24. The predicted molar refractivity (Wildman–Crippen MR) is 114 cm³/mol. The summed E-state index contributed by atoms with van der Waals surface area (Å²) < 4.78 is 11.4. The number of aromatic nitrogens is 2. The van der Waals surface area contributed by atoms with Gasteiger partial charge in [-0.1, -0.05) is 28.9 Å². The Morgan fingerprint density at radius 2 is 1.97 bits per heavy atom. The third-order valence-corrected chi connectivity index (χ3v) is 5.58. The highest BCUT2D eigenvalue weighted by molar-refractivity contribution is 6.30. The van der Waals surface area contributed by atoms with Crippen molar-refractivity contribution in [2.75, 3.05) is 7.05 Å². The van der Waals surface area contributed by atoms with Gasteiger partial charge in [0.1, 0.15) is 5.75 Å². The van der Waals surface area contributed by atoms with Gasteiger partial charge >= 0.3 is 0 Å². The maximum Gasteiger partial charge on any atom is 0.263 e. The van der Waals surface area contributed by atoms with Crippen LogP contribution in [0.1, 0.15) is 36.8 Å². The Morgan fingerprint density at radius 1 is 1.20 bits per heavy atom. The van der Waals surface area contributed by atoms with E-state index in [0.29, 0.717) is 16.7 Å². The van der Waals surface area contributed by atoms with Gasteiger partial charge in [-0.05, 0) is 74.1 Å². The summed E-state index contributed by atoms with van der Waals surface area (Å²) in [5, 5.41) is 4.63. The van der Waals surface area contributed by atoms with E-state index >= 15 is 0 Å². The zero-order chi connectivity index (χ0) is 21.1. The van der Waals surface area contributed by atoms with Gasteiger partial charge in [0.2, 0.25) is 11.7 Å². The average Bonchev–Trinajstić information content (AvgIpc) is 3.22. The second-order valence-corrected chi connectivity index (χ2v) is 8.01. The number of hydrogen-bond acceptors (Lipinski definition) is 5. The van der Waals surface area contributed by atoms with Crippen LogP contribution in [-0.4, -0.2) is 34.1 Å². The van der Waals surface area contributed by atoms with Crippen molar-refractivity contribution in [1.82, 2.24) is 15.0 Å². The summed E-state index contributed by atoms with van der Waals surface area (Å²) in [5.74, 6) is 1.49. The van der Waals surface area contributed by atoms with Crippen LogP contribution in [0, 0.1) is 0 Å². The molecule has 0 radical (unpaired) electrons. The van der Waals surface area contributed by atoms with E-state index in [1.807, 2.05) is 24.3 Å². The normalized spacial score (nSPS) is 14.1. The number of halogens is 1. The topological polar surface area (TPSA) is 68.5 Å². The highest BCUT2D eigenvalue weighted by atomic mass is 35.5. The van der Waals surface area contributed by atoms with Crippen molar-refractivity contribution in [2.45, 2.75) is 45.3 Å².